The van der Waals surface area contributed by atoms with Crippen molar-refractivity contribution in [3.8, 4) is 0 Å². The number of carbonyl (C=O) groups is 3. The largest absolute Gasteiger partial charge is 0.506 e. The van der Waals surface area contributed by atoms with Gasteiger partial charge in [-0.2, -0.15) is 92.2 Å². The summed E-state index contributed by atoms with van der Waals surface area (Å²) in [5, 5.41) is 28.6. The van der Waals surface area contributed by atoms with Gasteiger partial charge in [-0.05, 0) is 72.5 Å². The smallest absolute Gasteiger partial charge is 0.460 e. The van der Waals surface area contributed by atoms with Crippen molar-refractivity contribution in [2.75, 3.05) is 0 Å². The number of hydrogen-bond acceptors (Lipinski definition) is 6. The molecule has 6 bridgehead atoms. The number of carbonyl (C=O) groups excluding carboxylic acids is 3. The molecule has 0 saturated heterocycles. The number of rotatable bonds is 6. The van der Waals surface area contributed by atoms with Gasteiger partial charge >= 0.3 is 54.1 Å². The topological polar surface area (TPSA) is 112 Å². The van der Waals surface area contributed by atoms with E-state index in [9.17, 15) is 122 Å². The number of hydrogen-bond donors (Lipinski definition) is 3. The Morgan fingerprint density at radius 2 is 0.529 bits per heavy atom. The number of aliphatic hydroxyl groups excluding tert-OH is 3. The van der Waals surface area contributed by atoms with E-state index in [1.54, 1.807) is 41.5 Å². The fourth-order valence-electron chi connectivity index (χ4n) is 10.9. The average molecular weight is 1210 g/mol. The summed E-state index contributed by atoms with van der Waals surface area (Å²) in [6, 6.07) is 0. The van der Waals surface area contributed by atoms with Crippen LogP contribution in [0.15, 0.2) is 34.0 Å². The fraction of sp³-hybridized carbons (Fsp3) is 0.786. The first-order valence-corrected chi connectivity index (χ1v) is 20.5. The van der Waals surface area contributed by atoms with Gasteiger partial charge in [0.1, 0.15) is 0 Å². The molecule has 0 heterocycles. The van der Waals surface area contributed by atoms with E-state index in [1.807, 2.05) is 0 Å². The minimum atomic E-state index is -6.56. The Labute approximate surface area is 414 Å². The van der Waals surface area contributed by atoms with Crippen LogP contribution in [0, 0.1) is 87.5 Å². The third-order valence-corrected chi connectivity index (χ3v) is 16.9. The van der Waals surface area contributed by atoms with Crippen LogP contribution < -0.4 is 0 Å². The molecule has 70 heavy (non-hydrogen) atoms. The van der Waals surface area contributed by atoms with Gasteiger partial charge in [-0.3, -0.25) is 14.4 Å². The van der Waals surface area contributed by atoms with Crippen molar-refractivity contribution >= 4 is 17.3 Å². The summed E-state index contributed by atoms with van der Waals surface area (Å²) in [4.78, 5) is 36.9. The first-order chi connectivity index (χ1) is 30.1. The normalized spacial score (nSPS) is 32.8. The van der Waals surface area contributed by atoms with E-state index in [0.29, 0.717) is 19.3 Å². The molecule has 0 aliphatic heterocycles. The Kier molecular flexibility index (Phi) is 15.0. The molecule has 0 aromatic rings. The van der Waals surface area contributed by atoms with Crippen molar-refractivity contribution in [3.05, 3.63) is 34.0 Å². The van der Waals surface area contributed by atoms with E-state index in [-0.39, 0.29) is 56.6 Å². The van der Waals surface area contributed by atoms with Gasteiger partial charge in [-0.25, -0.2) is 0 Å². The molecule has 0 radical (unpaired) electrons. The number of allylic oxidation sites excluding steroid dienone is 6. The van der Waals surface area contributed by atoms with Gasteiger partial charge in [-0.1, -0.05) is 62.3 Å². The van der Waals surface area contributed by atoms with Gasteiger partial charge in [0.15, 0.2) is 34.6 Å². The molecule has 0 aromatic carbocycles. The van der Waals surface area contributed by atoms with Crippen LogP contribution in [-0.2, 0) is 14.4 Å². The number of fused-ring (bicyclic) bond motifs is 6. The second-order valence-corrected chi connectivity index (χ2v) is 20.6. The van der Waals surface area contributed by atoms with Crippen molar-refractivity contribution < 1.29 is 159 Å². The zero-order valence-corrected chi connectivity index (χ0v) is 39.6. The van der Waals surface area contributed by atoms with Crippen LogP contribution >= 0.6 is 0 Å². The van der Waals surface area contributed by atoms with Gasteiger partial charge in [0.25, 0.3) is 0 Å². The van der Waals surface area contributed by atoms with Crippen LogP contribution in [0.4, 0.5) is 92.2 Å². The quantitative estimate of drug-likeness (QED) is 0.139. The number of ketones is 3. The Hall–Kier alpha value is -2.59. The average Bonchev–Trinajstić information content (AvgIpc) is 3.79. The first-order valence-electron chi connectivity index (χ1n) is 20.5. The number of alkyl halides is 21. The maximum Gasteiger partial charge on any atom is 0.460 e. The van der Waals surface area contributed by atoms with Crippen molar-refractivity contribution in [1.29, 1.82) is 0 Å². The summed E-state index contributed by atoms with van der Waals surface area (Å²) in [5.41, 5.74) is -9.29. The molecule has 0 unspecified atom stereocenters. The maximum absolute atomic E-state index is 13.7. The van der Waals surface area contributed by atoms with Crippen molar-refractivity contribution in [3.63, 3.8) is 0 Å². The van der Waals surface area contributed by atoms with Gasteiger partial charge in [-0.15, -0.1) is 0 Å². The van der Waals surface area contributed by atoms with Crippen molar-refractivity contribution in [2.24, 2.45) is 50.2 Å². The molecule has 6 fully saturated rings. The van der Waals surface area contributed by atoms with E-state index >= 15 is 0 Å². The molecule has 6 aliphatic rings. The summed E-state index contributed by atoms with van der Waals surface area (Å²) < 4.78 is 271. The molecule has 408 valence electrons. The minimum absolute atomic E-state index is 0. The fourth-order valence-corrected chi connectivity index (χ4v) is 10.9. The zero-order valence-electron chi connectivity index (χ0n) is 37.8. The Morgan fingerprint density at radius 1 is 0.371 bits per heavy atom. The van der Waals surface area contributed by atoms with E-state index < -0.39 is 156 Å². The van der Waals surface area contributed by atoms with Gasteiger partial charge in [0.05, 0.1) is 0 Å². The molecule has 3 N–H and O–H groups in total. The van der Waals surface area contributed by atoms with Crippen LogP contribution in [0.2, 0.25) is 0 Å². The van der Waals surface area contributed by atoms with Gasteiger partial charge in [0, 0.05) is 70.3 Å². The summed E-state index contributed by atoms with van der Waals surface area (Å²) in [6.07, 6.45) is -18.3. The molecule has 0 amide bonds. The molecule has 6 aliphatic carbocycles. The second-order valence-electron chi connectivity index (χ2n) is 20.6. The Morgan fingerprint density at radius 3 is 0.643 bits per heavy atom. The Bertz CT molecular complexity index is 2020. The van der Waals surface area contributed by atoms with Crippen LogP contribution in [0.5, 0.6) is 0 Å². The van der Waals surface area contributed by atoms with Crippen molar-refractivity contribution in [1.82, 2.24) is 0 Å². The molecular formula is C42H45ErF21O6. The zero-order chi connectivity index (χ0) is 54.7. The molecule has 0 spiro atoms. The maximum atomic E-state index is 13.7. The number of aliphatic hydroxyl groups is 3. The predicted octanol–water partition coefficient (Wildman–Crippen LogP) is 14.0. The van der Waals surface area contributed by atoms with Crippen LogP contribution in [0.25, 0.3) is 0 Å². The standard InChI is InChI=1S/3C14H15F7O2.Er/c3*1-10(2)6-4-5-11(10,3)8(22)7(6)9(23)12(15,16)13(17,18)14(19,20)21;/h3*6,23H,4-5H2,1-3H3;/b9-7+;2*9-7-;/t3*6-,11+;/m111./s1. The first kappa shape index (κ1) is 61.7. The molecule has 6 rings (SSSR count). The summed E-state index contributed by atoms with van der Waals surface area (Å²) in [6.45, 7) is 13.6. The summed E-state index contributed by atoms with van der Waals surface area (Å²) >= 11 is 0. The molecule has 28 heteroatoms. The van der Waals surface area contributed by atoms with E-state index in [4.69, 9.17) is 0 Å². The third kappa shape index (κ3) is 7.81. The van der Waals surface area contributed by atoms with E-state index in [1.165, 1.54) is 20.8 Å². The molecule has 6 saturated carbocycles. The number of halogens is 21. The molecule has 6 nitrogen and oxygen atoms in total. The summed E-state index contributed by atoms with van der Waals surface area (Å²) in [7, 11) is 0. The van der Waals surface area contributed by atoms with Crippen LogP contribution in [0.1, 0.15) is 101 Å². The third-order valence-electron chi connectivity index (χ3n) is 16.9. The molecular weight excluding hydrogens is 1170 g/mol. The second kappa shape index (κ2) is 17.0. The van der Waals surface area contributed by atoms with Gasteiger partial charge < -0.3 is 15.3 Å². The SMILES string of the molecule is CC1(C)[C@@H]2CC[C@@]1(C)C(=O)/C2=C(/O)C(F)(F)C(F)(F)C(F)(F)F.CC1(C)[C@@H]2CC[C@@]1(C)C(=O)/C2=C(\O)C(F)(F)C(F)(F)C(F)(F)F.CC1(C)[C@@H]2CC[C@@]1(C)C(=O)/C2=C(\O)C(F)(F)C(F)(F)C(F)(F)F.[Er]. The monoisotopic (exact) mass is 1210 g/mol. The number of Topliss-reactive ketones (excluding diaryl/α,β-unsaturated/α-hetero) is 3. The molecule has 0 aromatic heterocycles. The summed E-state index contributed by atoms with van der Waals surface area (Å²) in [5.74, 6) is -50.5. The predicted molar refractivity (Wildman–Crippen MR) is 196 cm³/mol. The van der Waals surface area contributed by atoms with Crippen LogP contribution in [-0.4, -0.2) is 86.7 Å². The van der Waals surface area contributed by atoms with E-state index in [0.717, 1.165) is 0 Å². The van der Waals surface area contributed by atoms with Crippen molar-refractivity contribution in [2.45, 2.75) is 155 Å². The van der Waals surface area contributed by atoms with Gasteiger partial charge in [0.2, 0.25) is 0 Å². The molecule has 6 atom stereocenters. The van der Waals surface area contributed by atoms with E-state index in [2.05, 4.69) is 0 Å². The Balaban J connectivity index is 0.000000276. The van der Waals surface area contributed by atoms with Crippen LogP contribution in [0.3, 0.4) is 0 Å². The minimum Gasteiger partial charge on any atom is -0.506 e.